The van der Waals surface area contributed by atoms with Gasteiger partial charge in [0, 0.05) is 12.2 Å². The fourth-order valence-corrected chi connectivity index (χ4v) is 2.18. The number of furan rings is 1. The van der Waals surface area contributed by atoms with Crippen molar-refractivity contribution in [3.63, 3.8) is 0 Å². The van der Waals surface area contributed by atoms with E-state index >= 15 is 0 Å². The molecule has 1 aromatic heterocycles. The summed E-state index contributed by atoms with van der Waals surface area (Å²) in [4.78, 5) is 16.3. The van der Waals surface area contributed by atoms with Crippen molar-refractivity contribution >= 4 is 17.6 Å². The lowest BCUT2D eigenvalue weighted by Crippen LogP contribution is -2.39. The van der Waals surface area contributed by atoms with Crippen LogP contribution in [0.1, 0.15) is 31.4 Å². The number of guanidine groups is 1. The first kappa shape index (κ1) is 18.4. The maximum Gasteiger partial charge on any atom is 0.246 e. The fourth-order valence-electron chi connectivity index (χ4n) is 2.18. The van der Waals surface area contributed by atoms with E-state index in [0.29, 0.717) is 18.2 Å². The Labute approximate surface area is 147 Å². The number of benzene rings is 1. The molecule has 0 saturated heterocycles. The number of nitrogens with one attached hydrogen (secondary N) is 3. The maximum atomic E-state index is 12.0. The summed E-state index contributed by atoms with van der Waals surface area (Å²) >= 11 is 0. The molecule has 7 heteroatoms. The first-order valence-corrected chi connectivity index (χ1v) is 8.18. The Morgan fingerprint density at radius 2 is 1.96 bits per heavy atom. The van der Waals surface area contributed by atoms with Gasteiger partial charge in [-0.15, -0.1) is 0 Å². The summed E-state index contributed by atoms with van der Waals surface area (Å²) in [5.41, 5.74) is 0.607. The Kier molecular flexibility index (Phi) is 6.45. The van der Waals surface area contributed by atoms with Crippen LogP contribution >= 0.6 is 0 Å². The zero-order valence-corrected chi connectivity index (χ0v) is 14.7. The highest BCUT2D eigenvalue weighted by Gasteiger charge is 2.11. The van der Waals surface area contributed by atoms with Crippen molar-refractivity contribution in [1.82, 2.24) is 10.6 Å². The minimum Gasteiger partial charge on any atom is -0.508 e. The van der Waals surface area contributed by atoms with Crippen molar-refractivity contribution in [3.05, 3.63) is 47.9 Å². The Morgan fingerprint density at radius 3 is 2.56 bits per heavy atom. The third-order valence-electron chi connectivity index (χ3n) is 3.42. The normalized spacial score (nSPS) is 12.5. The molecule has 1 amide bonds. The number of nitrogens with zero attached hydrogens (tertiary/aromatic N) is 1. The SMILES string of the molecule is CCNC(=NCC(=O)Nc1ccc(O)cc1)NC(C)c1ccc(C)o1. The molecule has 1 atom stereocenters. The van der Waals surface area contributed by atoms with Crippen molar-refractivity contribution in [3.8, 4) is 5.75 Å². The van der Waals surface area contributed by atoms with Crippen LogP contribution in [0.15, 0.2) is 45.8 Å². The van der Waals surface area contributed by atoms with Gasteiger partial charge < -0.3 is 25.5 Å². The maximum absolute atomic E-state index is 12.0. The average molecular weight is 344 g/mol. The van der Waals surface area contributed by atoms with E-state index in [0.717, 1.165) is 11.5 Å². The molecule has 1 heterocycles. The van der Waals surface area contributed by atoms with Gasteiger partial charge in [0.05, 0.1) is 6.04 Å². The molecule has 0 radical (unpaired) electrons. The molecule has 0 aliphatic carbocycles. The van der Waals surface area contributed by atoms with Gasteiger partial charge >= 0.3 is 0 Å². The van der Waals surface area contributed by atoms with E-state index < -0.39 is 0 Å². The van der Waals surface area contributed by atoms with Gasteiger partial charge in [-0.05, 0) is 57.2 Å². The largest absolute Gasteiger partial charge is 0.508 e. The Morgan fingerprint density at radius 1 is 1.24 bits per heavy atom. The number of hydrogen-bond acceptors (Lipinski definition) is 4. The van der Waals surface area contributed by atoms with E-state index in [-0.39, 0.29) is 24.2 Å². The molecule has 2 aromatic rings. The van der Waals surface area contributed by atoms with Crippen molar-refractivity contribution in [2.24, 2.45) is 4.99 Å². The van der Waals surface area contributed by atoms with Crippen LogP contribution in [0.4, 0.5) is 5.69 Å². The highest BCUT2D eigenvalue weighted by molar-refractivity contribution is 5.94. The van der Waals surface area contributed by atoms with E-state index in [4.69, 9.17) is 4.42 Å². The van der Waals surface area contributed by atoms with Crippen LogP contribution in [0.25, 0.3) is 0 Å². The zero-order valence-electron chi connectivity index (χ0n) is 14.7. The lowest BCUT2D eigenvalue weighted by Gasteiger charge is -2.16. The van der Waals surface area contributed by atoms with E-state index in [1.807, 2.05) is 32.9 Å². The van der Waals surface area contributed by atoms with Crippen LogP contribution in [-0.4, -0.2) is 30.1 Å². The third kappa shape index (κ3) is 5.87. The molecule has 0 saturated carbocycles. The number of carbonyl (C=O) groups excluding carboxylic acids is 1. The lowest BCUT2D eigenvalue weighted by atomic mass is 10.2. The van der Waals surface area contributed by atoms with E-state index in [2.05, 4.69) is 20.9 Å². The zero-order chi connectivity index (χ0) is 18.2. The van der Waals surface area contributed by atoms with Crippen molar-refractivity contribution in [2.45, 2.75) is 26.8 Å². The molecule has 1 unspecified atom stereocenters. The number of aliphatic imine (C=N–C) groups is 1. The van der Waals surface area contributed by atoms with Gasteiger partial charge in [-0.25, -0.2) is 4.99 Å². The van der Waals surface area contributed by atoms with Gasteiger partial charge in [-0.1, -0.05) is 0 Å². The van der Waals surface area contributed by atoms with Gasteiger partial charge in [0.1, 0.15) is 23.8 Å². The van der Waals surface area contributed by atoms with Crippen molar-refractivity contribution in [2.75, 3.05) is 18.4 Å². The van der Waals surface area contributed by atoms with Crippen LogP contribution in [0.5, 0.6) is 5.75 Å². The minimum atomic E-state index is -0.246. The minimum absolute atomic E-state index is 0.0277. The molecule has 25 heavy (non-hydrogen) atoms. The van der Waals surface area contributed by atoms with E-state index in [1.54, 1.807) is 12.1 Å². The Balaban J connectivity index is 1.93. The van der Waals surface area contributed by atoms with Gasteiger partial charge in [0.2, 0.25) is 5.91 Å². The number of aromatic hydroxyl groups is 1. The number of hydrogen-bond donors (Lipinski definition) is 4. The number of phenols is 1. The van der Waals surface area contributed by atoms with Gasteiger partial charge in [0.15, 0.2) is 5.96 Å². The monoisotopic (exact) mass is 344 g/mol. The third-order valence-corrected chi connectivity index (χ3v) is 3.42. The van der Waals surface area contributed by atoms with E-state index in [9.17, 15) is 9.90 Å². The summed E-state index contributed by atoms with van der Waals surface area (Å²) in [5.74, 6) is 2.08. The molecule has 4 N–H and O–H groups in total. The predicted molar refractivity (Wildman–Crippen MR) is 97.7 cm³/mol. The molecule has 1 aromatic carbocycles. The number of aryl methyl sites for hydroxylation is 1. The second-order valence-corrected chi connectivity index (χ2v) is 5.60. The molecule has 0 aliphatic rings. The Bertz CT molecular complexity index is 722. The smallest absolute Gasteiger partial charge is 0.246 e. The highest BCUT2D eigenvalue weighted by Crippen LogP contribution is 2.15. The molecule has 0 fully saturated rings. The van der Waals surface area contributed by atoms with Crippen LogP contribution in [0.3, 0.4) is 0 Å². The molecule has 7 nitrogen and oxygen atoms in total. The molecular formula is C18H24N4O3. The topological polar surface area (TPSA) is 98.9 Å². The second kappa shape index (κ2) is 8.77. The molecule has 134 valence electrons. The summed E-state index contributed by atoms with van der Waals surface area (Å²) in [7, 11) is 0. The summed E-state index contributed by atoms with van der Waals surface area (Å²) in [5, 5.41) is 18.3. The van der Waals surface area contributed by atoms with Gasteiger partial charge in [0.25, 0.3) is 0 Å². The predicted octanol–water partition coefficient (Wildman–Crippen LogP) is 2.55. The standard InChI is InChI=1S/C18H24N4O3/c1-4-19-18(21-13(3)16-10-5-12(2)25-16)20-11-17(24)22-14-6-8-15(23)9-7-14/h5-10,13,23H,4,11H2,1-3H3,(H,22,24)(H2,19,20,21). The van der Waals surface area contributed by atoms with Crippen molar-refractivity contribution in [1.29, 1.82) is 0 Å². The van der Waals surface area contributed by atoms with Crippen LogP contribution < -0.4 is 16.0 Å². The summed E-state index contributed by atoms with van der Waals surface area (Å²) < 4.78 is 5.59. The highest BCUT2D eigenvalue weighted by atomic mass is 16.3. The average Bonchev–Trinajstić information content (AvgIpc) is 3.01. The summed E-state index contributed by atoms with van der Waals surface area (Å²) in [6.45, 7) is 6.45. The van der Waals surface area contributed by atoms with Gasteiger partial charge in [-0.3, -0.25) is 4.79 Å². The van der Waals surface area contributed by atoms with Crippen LogP contribution in [-0.2, 0) is 4.79 Å². The fraction of sp³-hybridized carbons (Fsp3) is 0.333. The number of rotatable bonds is 6. The number of amides is 1. The molecule has 2 rings (SSSR count). The molecule has 0 bridgehead atoms. The second-order valence-electron chi connectivity index (χ2n) is 5.60. The Hall–Kier alpha value is -2.96. The van der Waals surface area contributed by atoms with Crippen molar-refractivity contribution < 1.29 is 14.3 Å². The molecule has 0 spiro atoms. The summed E-state index contributed by atoms with van der Waals surface area (Å²) in [6, 6.07) is 10.0. The molecular weight excluding hydrogens is 320 g/mol. The first-order chi connectivity index (χ1) is 12.0. The first-order valence-electron chi connectivity index (χ1n) is 8.18. The summed E-state index contributed by atoms with van der Waals surface area (Å²) in [6.07, 6.45) is 0. The molecule has 0 aliphatic heterocycles. The lowest BCUT2D eigenvalue weighted by molar-refractivity contribution is -0.114. The quantitative estimate of drug-likeness (QED) is 0.367. The van der Waals surface area contributed by atoms with Crippen LogP contribution in [0, 0.1) is 6.92 Å². The van der Waals surface area contributed by atoms with E-state index in [1.165, 1.54) is 12.1 Å². The van der Waals surface area contributed by atoms with Gasteiger partial charge in [-0.2, -0.15) is 0 Å². The number of phenolic OH excluding ortho intramolecular Hbond substituents is 1. The number of carbonyl (C=O) groups is 1. The number of anilines is 1. The van der Waals surface area contributed by atoms with Crippen LogP contribution in [0.2, 0.25) is 0 Å².